The lowest BCUT2D eigenvalue weighted by Gasteiger charge is -2.16. The molecule has 1 aromatic carbocycles. The number of benzene rings is 1. The van der Waals surface area contributed by atoms with Crippen molar-refractivity contribution in [2.24, 2.45) is 0 Å². The molecule has 1 aromatic heterocycles. The summed E-state index contributed by atoms with van der Waals surface area (Å²) in [6.07, 6.45) is 1.72. The SMILES string of the molecule is COc1cc(-c2cn[nH]c2N)c(C(C)C)cc1OC. The minimum Gasteiger partial charge on any atom is -0.493 e. The maximum atomic E-state index is 5.91. The molecule has 1 heterocycles. The van der Waals surface area contributed by atoms with E-state index in [0.717, 1.165) is 22.4 Å². The van der Waals surface area contributed by atoms with Gasteiger partial charge in [-0.05, 0) is 29.2 Å². The van der Waals surface area contributed by atoms with Gasteiger partial charge in [0, 0.05) is 5.56 Å². The van der Waals surface area contributed by atoms with Crippen molar-refractivity contribution in [3.8, 4) is 22.6 Å². The second kappa shape index (κ2) is 5.22. The molecule has 19 heavy (non-hydrogen) atoms. The molecule has 5 nitrogen and oxygen atoms in total. The first-order valence-electron chi connectivity index (χ1n) is 6.13. The third kappa shape index (κ3) is 2.36. The molecule has 0 fully saturated rings. The fourth-order valence-electron chi connectivity index (χ4n) is 2.12. The summed E-state index contributed by atoms with van der Waals surface area (Å²) in [6.45, 7) is 4.25. The Morgan fingerprint density at radius 3 is 2.21 bits per heavy atom. The molecular weight excluding hydrogens is 242 g/mol. The van der Waals surface area contributed by atoms with E-state index in [1.807, 2.05) is 12.1 Å². The maximum absolute atomic E-state index is 5.91. The van der Waals surface area contributed by atoms with Gasteiger partial charge in [-0.3, -0.25) is 5.10 Å². The number of H-pyrrole nitrogens is 1. The van der Waals surface area contributed by atoms with Gasteiger partial charge in [0.1, 0.15) is 5.82 Å². The second-order valence-corrected chi connectivity index (χ2v) is 4.65. The Bertz CT molecular complexity index is 576. The lowest BCUT2D eigenvalue weighted by atomic mass is 9.93. The molecule has 0 amide bonds. The van der Waals surface area contributed by atoms with Crippen LogP contribution in [0.4, 0.5) is 5.82 Å². The van der Waals surface area contributed by atoms with Gasteiger partial charge in [0.25, 0.3) is 0 Å². The molecule has 5 heteroatoms. The highest BCUT2D eigenvalue weighted by Gasteiger charge is 2.17. The third-order valence-electron chi connectivity index (χ3n) is 3.14. The lowest BCUT2D eigenvalue weighted by Crippen LogP contribution is -1.98. The molecule has 0 spiro atoms. The smallest absolute Gasteiger partial charge is 0.161 e. The second-order valence-electron chi connectivity index (χ2n) is 4.65. The van der Waals surface area contributed by atoms with E-state index in [1.165, 1.54) is 0 Å². The maximum Gasteiger partial charge on any atom is 0.161 e. The zero-order valence-electron chi connectivity index (χ0n) is 11.7. The lowest BCUT2D eigenvalue weighted by molar-refractivity contribution is 0.354. The van der Waals surface area contributed by atoms with Gasteiger partial charge in [0.15, 0.2) is 11.5 Å². The number of nitrogens with one attached hydrogen (secondary N) is 1. The quantitative estimate of drug-likeness (QED) is 0.887. The monoisotopic (exact) mass is 261 g/mol. The summed E-state index contributed by atoms with van der Waals surface area (Å²) in [4.78, 5) is 0. The number of hydrogen-bond donors (Lipinski definition) is 2. The van der Waals surface area contributed by atoms with Gasteiger partial charge in [0.2, 0.25) is 0 Å². The fourth-order valence-corrected chi connectivity index (χ4v) is 2.12. The molecule has 0 atom stereocenters. The summed E-state index contributed by atoms with van der Waals surface area (Å²) in [6, 6.07) is 3.93. The van der Waals surface area contributed by atoms with Gasteiger partial charge in [-0.25, -0.2) is 0 Å². The largest absolute Gasteiger partial charge is 0.493 e. The van der Waals surface area contributed by atoms with Crippen LogP contribution in [0.15, 0.2) is 18.3 Å². The number of nitrogen functional groups attached to an aromatic ring is 1. The normalized spacial score (nSPS) is 10.8. The molecule has 0 radical (unpaired) electrons. The van der Waals surface area contributed by atoms with Crippen molar-refractivity contribution in [1.82, 2.24) is 10.2 Å². The average molecular weight is 261 g/mol. The molecule has 0 unspecified atom stereocenters. The van der Waals surface area contributed by atoms with Gasteiger partial charge in [0.05, 0.1) is 20.4 Å². The molecule has 0 aliphatic carbocycles. The summed E-state index contributed by atoms with van der Waals surface area (Å²) in [5.74, 6) is 2.29. The number of nitrogens with two attached hydrogens (primary N) is 1. The van der Waals surface area contributed by atoms with Crippen LogP contribution in [0.25, 0.3) is 11.1 Å². The van der Waals surface area contributed by atoms with Crippen LogP contribution in [0.3, 0.4) is 0 Å². The number of anilines is 1. The fraction of sp³-hybridized carbons (Fsp3) is 0.357. The summed E-state index contributed by atoms with van der Waals surface area (Å²) in [5, 5.41) is 6.73. The van der Waals surface area contributed by atoms with Crippen LogP contribution >= 0.6 is 0 Å². The van der Waals surface area contributed by atoms with E-state index < -0.39 is 0 Å². The van der Waals surface area contributed by atoms with Crippen molar-refractivity contribution in [3.05, 3.63) is 23.9 Å². The molecule has 0 saturated carbocycles. The number of nitrogens with zero attached hydrogens (tertiary/aromatic N) is 1. The molecule has 0 aliphatic heterocycles. The minimum absolute atomic E-state index is 0.337. The van der Waals surface area contributed by atoms with Gasteiger partial charge in [-0.1, -0.05) is 13.8 Å². The number of aromatic amines is 1. The highest BCUT2D eigenvalue weighted by atomic mass is 16.5. The Morgan fingerprint density at radius 1 is 1.11 bits per heavy atom. The first kappa shape index (κ1) is 13.3. The predicted octanol–water partition coefficient (Wildman–Crippen LogP) is 2.80. The number of methoxy groups -OCH3 is 2. The van der Waals surface area contributed by atoms with E-state index in [0.29, 0.717) is 17.5 Å². The first-order valence-corrected chi connectivity index (χ1v) is 6.13. The third-order valence-corrected chi connectivity index (χ3v) is 3.14. The van der Waals surface area contributed by atoms with E-state index >= 15 is 0 Å². The Balaban J connectivity index is 2.68. The average Bonchev–Trinajstić information content (AvgIpc) is 2.83. The van der Waals surface area contributed by atoms with Crippen LogP contribution < -0.4 is 15.2 Å². The van der Waals surface area contributed by atoms with Gasteiger partial charge in [-0.15, -0.1) is 0 Å². The zero-order chi connectivity index (χ0) is 14.0. The summed E-state index contributed by atoms with van der Waals surface area (Å²) >= 11 is 0. The van der Waals surface area contributed by atoms with Crippen molar-refractivity contribution in [2.75, 3.05) is 20.0 Å². The van der Waals surface area contributed by atoms with Crippen molar-refractivity contribution < 1.29 is 9.47 Å². The van der Waals surface area contributed by atoms with Crippen LogP contribution in [0.2, 0.25) is 0 Å². The zero-order valence-corrected chi connectivity index (χ0v) is 11.7. The van der Waals surface area contributed by atoms with Crippen molar-refractivity contribution in [2.45, 2.75) is 19.8 Å². The Kier molecular flexibility index (Phi) is 3.64. The number of aromatic nitrogens is 2. The Hall–Kier alpha value is -2.17. The van der Waals surface area contributed by atoms with E-state index in [9.17, 15) is 0 Å². The molecule has 3 N–H and O–H groups in total. The Morgan fingerprint density at radius 2 is 1.74 bits per heavy atom. The number of hydrogen-bond acceptors (Lipinski definition) is 4. The van der Waals surface area contributed by atoms with Gasteiger partial charge < -0.3 is 15.2 Å². The van der Waals surface area contributed by atoms with Crippen LogP contribution in [0, 0.1) is 0 Å². The molecule has 102 valence electrons. The molecule has 2 aromatic rings. The first-order chi connectivity index (χ1) is 9.08. The highest BCUT2D eigenvalue weighted by molar-refractivity contribution is 5.78. The van der Waals surface area contributed by atoms with Crippen molar-refractivity contribution in [3.63, 3.8) is 0 Å². The summed E-state index contributed by atoms with van der Waals surface area (Å²) in [7, 11) is 3.25. The van der Waals surface area contributed by atoms with Crippen LogP contribution in [0.5, 0.6) is 11.5 Å². The Labute approximate surface area is 112 Å². The summed E-state index contributed by atoms with van der Waals surface area (Å²) < 4.78 is 10.7. The molecule has 0 saturated heterocycles. The number of ether oxygens (including phenoxy) is 2. The van der Waals surface area contributed by atoms with Gasteiger partial charge in [-0.2, -0.15) is 5.10 Å². The van der Waals surface area contributed by atoms with Crippen molar-refractivity contribution in [1.29, 1.82) is 0 Å². The molecule has 0 bridgehead atoms. The van der Waals surface area contributed by atoms with Gasteiger partial charge >= 0.3 is 0 Å². The number of rotatable bonds is 4. The molecule has 2 rings (SSSR count). The van der Waals surface area contributed by atoms with Crippen LogP contribution in [0.1, 0.15) is 25.3 Å². The van der Waals surface area contributed by atoms with E-state index in [-0.39, 0.29) is 0 Å². The standard InChI is InChI=1S/C14H19N3O2/c1-8(2)9-5-12(18-3)13(19-4)6-10(9)11-7-16-17-14(11)15/h5-8H,1-4H3,(H3,15,16,17). The van der Waals surface area contributed by atoms with E-state index in [2.05, 4.69) is 24.0 Å². The molecular formula is C14H19N3O2. The van der Waals surface area contributed by atoms with Crippen LogP contribution in [-0.4, -0.2) is 24.4 Å². The van der Waals surface area contributed by atoms with E-state index in [1.54, 1.807) is 20.4 Å². The van der Waals surface area contributed by atoms with E-state index in [4.69, 9.17) is 15.2 Å². The highest BCUT2D eigenvalue weighted by Crippen LogP contribution is 2.39. The summed E-state index contributed by atoms with van der Waals surface area (Å²) in [5.41, 5.74) is 8.95. The van der Waals surface area contributed by atoms with Crippen molar-refractivity contribution >= 4 is 5.82 Å². The predicted molar refractivity (Wildman–Crippen MR) is 75.6 cm³/mol. The topological polar surface area (TPSA) is 73.2 Å². The van der Waals surface area contributed by atoms with Crippen LogP contribution in [-0.2, 0) is 0 Å². The molecule has 0 aliphatic rings. The minimum atomic E-state index is 0.337.